The molecule has 0 N–H and O–H groups in total. The highest BCUT2D eigenvalue weighted by molar-refractivity contribution is 6.09. The number of aromatic nitrogens is 5. The summed E-state index contributed by atoms with van der Waals surface area (Å²) in [6.45, 7) is 0. The lowest BCUT2D eigenvalue weighted by molar-refractivity contribution is 0.667. The first-order valence-corrected chi connectivity index (χ1v) is 15.9. The largest absolute Gasteiger partial charge is 0.454 e. The fourth-order valence-electron chi connectivity index (χ4n) is 6.83. The summed E-state index contributed by atoms with van der Waals surface area (Å²) in [4.78, 5) is 19.6. The summed E-state index contributed by atoms with van der Waals surface area (Å²) in [6, 6.07) is 48.3. The first-order chi connectivity index (χ1) is 23.8. The average Bonchev–Trinajstić information content (AvgIpc) is 3.70. The fraction of sp³-hybridized carbons (Fsp3) is 0. The molecule has 0 aliphatic heterocycles. The molecule has 0 unspecified atom stereocenters. The van der Waals surface area contributed by atoms with Crippen LogP contribution in [0, 0.1) is 0 Å². The Morgan fingerprint density at radius 3 is 1.83 bits per heavy atom. The zero-order valence-electron chi connectivity index (χ0n) is 25.6. The van der Waals surface area contributed by atoms with Gasteiger partial charge in [0.05, 0.1) is 17.2 Å². The van der Waals surface area contributed by atoms with Crippen molar-refractivity contribution in [3.8, 4) is 39.9 Å². The quantitative estimate of drug-likeness (QED) is 0.197. The first-order valence-electron chi connectivity index (χ1n) is 15.9. The molecule has 6 aromatic carbocycles. The number of furan rings is 1. The SMILES string of the molecule is c1ccc(-c2ccc3ccc(-c4nc(-c5ccc6c(c5)oc5cnccc56)nc(-n5c6ccccc6c6ccccc65)n4)cc3c2)cc1. The van der Waals surface area contributed by atoms with Crippen molar-refractivity contribution in [1.82, 2.24) is 24.5 Å². The van der Waals surface area contributed by atoms with Crippen LogP contribution in [-0.2, 0) is 0 Å². The van der Waals surface area contributed by atoms with Crippen molar-refractivity contribution in [3.05, 3.63) is 152 Å². The lowest BCUT2D eigenvalue weighted by Crippen LogP contribution is -2.06. The highest BCUT2D eigenvalue weighted by Gasteiger charge is 2.18. The Morgan fingerprint density at radius 1 is 0.438 bits per heavy atom. The van der Waals surface area contributed by atoms with E-state index in [1.165, 1.54) is 5.56 Å². The van der Waals surface area contributed by atoms with Crippen LogP contribution in [0.1, 0.15) is 0 Å². The zero-order chi connectivity index (χ0) is 31.6. The average molecular weight is 616 g/mol. The molecule has 0 saturated heterocycles. The molecule has 0 aliphatic carbocycles. The van der Waals surface area contributed by atoms with Gasteiger partial charge in [-0.3, -0.25) is 9.55 Å². The van der Waals surface area contributed by atoms with Crippen molar-refractivity contribution in [2.24, 2.45) is 0 Å². The maximum atomic E-state index is 6.20. The number of rotatable bonds is 4. The van der Waals surface area contributed by atoms with Crippen molar-refractivity contribution in [3.63, 3.8) is 0 Å². The molecule has 10 aromatic rings. The van der Waals surface area contributed by atoms with Crippen LogP contribution in [0.2, 0.25) is 0 Å². The topological polar surface area (TPSA) is 69.6 Å². The second-order valence-electron chi connectivity index (χ2n) is 12.0. The predicted molar refractivity (Wildman–Crippen MR) is 193 cm³/mol. The molecule has 0 bridgehead atoms. The Labute approximate surface area is 274 Å². The summed E-state index contributed by atoms with van der Waals surface area (Å²) in [7, 11) is 0. The van der Waals surface area contributed by atoms with E-state index >= 15 is 0 Å². The van der Waals surface area contributed by atoms with E-state index in [2.05, 4.69) is 131 Å². The predicted octanol–water partition coefficient (Wildman–Crippen LogP) is 10.4. The number of benzene rings is 6. The zero-order valence-corrected chi connectivity index (χ0v) is 25.6. The van der Waals surface area contributed by atoms with Gasteiger partial charge in [0.2, 0.25) is 5.95 Å². The smallest absolute Gasteiger partial charge is 0.238 e. The van der Waals surface area contributed by atoms with E-state index in [4.69, 9.17) is 19.4 Å². The molecule has 4 heterocycles. The third-order valence-electron chi connectivity index (χ3n) is 9.14. The minimum absolute atomic E-state index is 0.555. The van der Waals surface area contributed by atoms with Crippen LogP contribution in [0.5, 0.6) is 0 Å². The second-order valence-corrected chi connectivity index (χ2v) is 12.0. The Kier molecular flexibility index (Phi) is 5.77. The lowest BCUT2D eigenvalue weighted by Gasteiger charge is -2.11. The van der Waals surface area contributed by atoms with Gasteiger partial charge in [-0.1, -0.05) is 97.1 Å². The maximum absolute atomic E-state index is 6.20. The molecule has 0 atom stereocenters. The molecule has 10 rings (SSSR count). The highest BCUT2D eigenvalue weighted by Crippen LogP contribution is 2.35. The minimum Gasteiger partial charge on any atom is -0.454 e. The lowest BCUT2D eigenvalue weighted by atomic mass is 10.00. The van der Waals surface area contributed by atoms with Crippen molar-refractivity contribution >= 4 is 54.5 Å². The number of nitrogens with zero attached hydrogens (tertiary/aromatic N) is 5. The third kappa shape index (κ3) is 4.20. The minimum atomic E-state index is 0.555. The van der Waals surface area contributed by atoms with E-state index < -0.39 is 0 Å². The van der Waals surface area contributed by atoms with Crippen LogP contribution in [0.3, 0.4) is 0 Å². The molecular formula is C42H25N5O. The summed E-state index contributed by atoms with van der Waals surface area (Å²) in [5.41, 5.74) is 7.67. The number of hydrogen-bond acceptors (Lipinski definition) is 5. The Bertz CT molecular complexity index is 2800. The summed E-state index contributed by atoms with van der Waals surface area (Å²) < 4.78 is 8.34. The van der Waals surface area contributed by atoms with Gasteiger partial charge in [-0.05, 0) is 64.4 Å². The standard InChI is InChI=1S/C42H25N5O/c1-2-8-26(9-3-1)28-16-14-27-15-17-29(23-31(27)22-28)40-44-41(30-18-19-34-35-20-21-43-25-39(35)48-38(34)24-30)46-42(45-40)47-36-12-6-4-10-32(36)33-11-5-7-13-37(33)47/h1-25H. The molecule has 4 aromatic heterocycles. The number of para-hydroxylation sites is 2. The van der Waals surface area contributed by atoms with E-state index in [-0.39, 0.29) is 0 Å². The molecule has 0 saturated carbocycles. The Hall–Kier alpha value is -6.66. The van der Waals surface area contributed by atoms with E-state index in [0.29, 0.717) is 17.6 Å². The van der Waals surface area contributed by atoms with Crippen LogP contribution < -0.4 is 0 Å². The van der Waals surface area contributed by atoms with Crippen molar-refractivity contribution in [2.45, 2.75) is 0 Å². The maximum Gasteiger partial charge on any atom is 0.238 e. The normalized spacial score (nSPS) is 11.8. The van der Waals surface area contributed by atoms with E-state index in [1.54, 1.807) is 12.4 Å². The molecule has 0 aliphatic rings. The summed E-state index contributed by atoms with van der Waals surface area (Å²) in [5, 5.41) is 6.62. The molecule has 6 nitrogen and oxygen atoms in total. The molecule has 6 heteroatoms. The first kappa shape index (κ1) is 26.5. The molecule has 0 amide bonds. The molecule has 0 radical (unpaired) electrons. The van der Waals surface area contributed by atoms with E-state index in [0.717, 1.165) is 71.2 Å². The van der Waals surface area contributed by atoms with Crippen LogP contribution in [0.15, 0.2) is 156 Å². The van der Waals surface area contributed by atoms with E-state index in [1.807, 2.05) is 18.2 Å². The monoisotopic (exact) mass is 615 g/mol. The summed E-state index contributed by atoms with van der Waals surface area (Å²) in [5.74, 6) is 1.72. The van der Waals surface area contributed by atoms with Crippen molar-refractivity contribution in [2.75, 3.05) is 0 Å². The van der Waals surface area contributed by atoms with Gasteiger partial charge in [-0.15, -0.1) is 0 Å². The van der Waals surface area contributed by atoms with Gasteiger partial charge >= 0.3 is 0 Å². The van der Waals surface area contributed by atoms with Gasteiger partial charge in [0.15, 0.2) is 17.2 Å². The van der Waals surface area contributed by atoms with Gasteiger partial charge in [0, 0.05) is 38.9 Å². The number of pyridine rings is 1. The Morgan fingerprint density at radius 2 is 1.06 bits per heavy atom. The van der Waals surface area contributed by atoms with Gasteiger partial charge in [-0.2, -0.15) is 9.97 Å². The van der Waals surface area contributed by atoms with Crippen molar-refractivity contribution < 1.29 is 4.42 Å². The van der Waals surface area contributed by atoms with Crippen LogP contribution in [0.25, 0.3) is 94.4 Å². The van der Waals surface area contributed by atoms with Gasteiger partial charge < -0.3 is 4.42 Å². The molecule has 48 heavy (non-hydrogen) atoms. The summed E-state index contributed by atoms with van der Waals surface area (Å²) >= 11 is 0. The third-order valence-corrected chi connectivity index (χ3v) is 9.14. The summed E-state index contributed by atoms with van der Waals surface area (Å²) in [6.07, 6.45) is 3.53. The van der Waals surface area contributed by atoms with Crippen LogP contribution in [-0.4, -0.2) is 24.5 Å². The van der Waals surface area contributed by atoms with Crippen molar-refractivity contribution in [1.29, 1.82) is 0 Å². The fourth-order valence-corrected chi connectivity index (χ4v) is 6.83. The molecule has 0 spiro atoms. The number of fused-ring (bicyclic) bond motifs is 7. The molecular weight excluding hydrogens is 590 g/mol. The highest BCUT2D eigenvalue weighted by atomic mass is 16.3. The van der Waals surface area contributed by atoms with Gasteiger partial charge in [0.25, 0.3) is 0 Å². The van der Waals surface area contributed by atoms with Gasteiger partial charge in [0.1, 0.15) is 5.58 Å². The Balaban J connectivity index is 1.21. The molecule has 224 valence electrons. The van der Waals surface area contributed by atoms with Crippen LogP contribution >= 0.6 is 0 Å². The molecule has 0 fully saturated rings. The number of hydrogen-bond donors (Lipinski definition) is 0. The van der Waals surface area contributed by atoms with E-state index in [9.17, 15) is 0 Å². The second kappa shape index (κ2) is 10.4. The van der Waals surface area contributed by atoms with Crippen LogP contribution in [0.4, 0.5) is 0 Å². The van der Waals surface area contributed by atoms with Gasteiger partial charge in [-0.25, -0.2) is 4.98 Å².